The second-order valence-electron chi connectivity index (χ2n) is 5.26. The van der Waals surface area contributed by atoms with Gasteiger partial charge in [0, 0.05) is 10.9 Å². The molecule has 2 rings (SSSR count). The molecule has 1 heterocycles. The van der Waals surface area contributed by atoms with E-state index < -0.39 is 0 Å². The van der Waals surface area contributed by atoms with Crippen LogP contribution in [0.4, 0.5) is 0 Å². The van der Waals surface area contributed by atoms with Gasteiger partial charge in [-0.2, -0.15) is 0 Å². The van der Waals surface area contributed by atoms with Gasteiger partial charge in [0.2, 0.25) is 11.1 Å². The van der Waals surface area contributed by atoms with Crippen LogP contribution in [0, 0.1) is 0 Å². The Morgan fingerprint density at radius 2 is 2.09 bits per heavy atom. The molecule has 0 aliphatic heterocycles. The monoisotopic (exact) mass is 338 g/mol. The summed E-state index contributed by atoms with van der Waals surface area (Å²) in [4.78, 5) is 16.3. The third-order valence-corrected chi connectivity index (χ3v) is 4.30. The molecule has 2 N–H and O–H groups in total. The minimum Gasteiger partial charge on any atom is -0.349 e. The SMILES string of the molecule is CC(C)c1nc(SCC(=O)N[C@H](C)c2ccccc2Cl)n[nH]1. The van der Waals surface area contributed by atoms with Gasteiger partial charge in [0.15, 0.2) is 0 Å². The number of aromatic nitrogens is 3. The van der Waals surface area contributed by atoms with Crippen LogP contribution in [-0.4, -0.2) is 26.8 Å². The molecule has 0 spiro atoms. The summed E-state index contributed by atoms with van der Waals surface area (Å²) in [5.41, 5.74) is 0.905. The number of hydrogen-bond donors (Lipinski definition) is 2. The van der Waals surface area contributed by atoms with E-state index in [0.717, 1.165) is 11.4 Å². The van der Waals surface area contributed by atoms with Crippen molar-refractivity contribution < 1.29 is 4.79 Å². The van der Waals surface area contributed by atoms with E-state index in [1.165, 1.54) is 11.8 Å². The van der Waals surface area contributed by atoms with E-state index in [1.54, 1.807) is 0 Å². The van der Waals surface area contributed by atoms with Crippen LogP contribution in [0.15, 0.2) is 29.4 Å². The van der Waals surface area contributed by atoms with Gasteiger partial charge in [0.1, 0.15) is 5.82 Å². The van der Waals surface area contributed by atoms with Crippen molar-refractivity contribution in [2.45, 2.75) is 37.9 Å². The van der Waals surface area contributed by atoms with E-state index in [-0.39, 0.29) is 23.6 Å². The quantitative estimate of drug-likeness (QED) is 0.790. The van der Waals surface area contributed by atoms with Crippen LogP contribution >= 0.6 is 23.4 Å². The molecule has 0 fully saturated rings. The average Bonchev–Trinajstić information content (AvgIpc) is 2.94. The minimum absolute atomic E-state index is 0.0756. The lowest BCUT2D eigenvalue weighted by Gasteiger charge is -2.15. The molecule has 0 aliphatic carbocycles. The van der Waals surface area contributed by atoms with E-state index >= 15 is 0 Å². The van der Waals surface area contributed by atoms with E-state index in [1.807, 2.05) is 45.0 Å². The van der Waals surface area contributed by atoms with Crippen molar-refractivity contribution in [3.05, 3.63) is 40.7 Å². The number of halogens is 1. The summed E-state index contributed by atoms with van der Waals surface area (Å²) in [7, 11) is 0. The predicted octanol–water partition coefficient (Wildman–Crippen LogP) is 3.55. The van der Waals surface area contributed by atoms with Crippen LogP contribution in [0.1, 0.15) is 44.1 Å². The van der Waals surface area contributed by atoms with E-state index in [0.29, 0.717) is 10.2 Å². The largest absolute Gasteiger partial charge is 0.349 e. The van der Waals surface area contributed by atoms with Gasteiger partial charge in [-0.15, -0.1) is 5.10 Å². The zero-order chi connectivity index (χ0) is 16.1. The number of thioether (sulfide) groups is 1. The first-order valence-corrected chi connectivity index (χ1v) is 8.42. The van der Waals surface area contributed by atoms with Gasteiger partial charge in [-0.05, 0) is 18.6 Å². The van der Waals surface area contributed by atoms with Crippen LogP contribution < -0.4 is 5.32 Å². The zero-order valence-corrected chi connectivity index (χ0v) is 14.3. The maximum atomic E-state index is 12.0. The highest BCUT2D eigenvalue weighted by Gasteiger charge is 2.14. The lowest BCUT2D eigenvalue weighted by molar-refractivity contribution is -0.119. The summed E-state index contributed by atoms with van der Waals surface area (Å²) in [6.07, 6.45) is 0. The van der Waals surface area contributed by atoms with Crippen molar-refractivity contribution in [2.75, 3.05) is 5.75 Å². The Labute approximate surface area is 139 Å². The molecule has 1 aromatic carbocycles. The maximum absolute atomic E-state index is 12.0. The lowest BCUT2D eigenvalue weighted by Crippen LogP contribution is -2.28. The van der Waals surface area contributed by atoms with Gasteiger partial charge >= 0.3 is 0 Å². The van der Waals surface area contributed by atoms with Crippen molar-refractivity contribution in [1.82, 2.24) is 20.5 Å². The number of amides is 1. The second kappa shape index (κ2) is 7.65. The van der Waals surface area contributed by atoms with E-state index in [2.05, 4.69) is 20.5 Å². The fourth-order valence-corrected chi connectivity index (χ4v) is 2.81. The Morgan fingerprint density at radius 1 is 1.36 bits per heavy atom. The number of hydrogen-bond acceptors (Lipinski definition) is 4. The molecular weight excluding hydrogens is 320 g/mol. The normalized spacial score (nSPS) is 12.4. The highest BCUT2D eigenvalue weighted by Crippen LogP contribution is 2.22. The molecule has 22 heavy (non-hydrogen) atoms. The van der Waals surface area contributed by atoms with E-state index in [9.17, 15) is 4.79 Å². The third-order valence-electron chi connectivity index (χ3n) is 3.11. The van der Waals surface area contributed by atoms with Gasteiger partial charge in [-0.3, -0.25) is 9.89 Å². The van der Waals surface area contributed by atoms with Gasteiger partial charge in [-0.25, -0.2) is 4.98 Å². The highest BCUT2D eigenvalue weighted by molar-refractivity contribution is 7.99. The predicted molar refractivity (Wildman–Crippen MR) is 89.2 cm³/mol. The van der Waals surface area contributed by atoms with Crippen LogP contribution in [0.3, 0.4) is 0 Å². The highest BCUT2D eigenvalue weighted by atomic mass is 35.5. The van der Waals surface area contributed by atoms with E-state index in [4.69, 9.17) is 11.6 Å². The van der Waals surface area contributed by atoms with Crippen molar-refractivity contribution in [2.24, 2.45) is 0 Å². The van der Waals surface area contributed by atoms with Crippen molar-refractivity contribution in [3.63, 3.8) is 0 Å². The fourth-order valence-electron chi connectivity index (χ4n) is 1.90. The molecule has 5 nitrogen and oxygen atoms in total. The number of rotatable bonds is 6. The van der Waals surface area contributed by atoms with Gasteiger partial charge < -0.3 is 5.32 Å². The molecule has 0 aliphatic rings. The Kier molecular flexibility index (Phi) is 5.85. The summed E-state index contributed by atoms with van der Waals surface area (Å²) in [5, 5.41) is 11.1. The summed E-state index contributed by atoms with van der Waals surface area (Å²) in [5.74, 6) is 1.31. The Bertz CT molecular complexity index is 644. The maximum Gasteiger partial charge on any atom is 0.230 e. The number of carbonyl (C=O) groups excluding carboxylic acids is 1. The van der Waals surface area contributed by atoms with Gasteiger partial charge in [-0.1, -0.05) is 55.4 Å². The first-order chi connectivity index (χ1) is 10.5. The summed E-state index contributed by atoms with van der Waals surface area (Å²) >= 11 is 7.44. The molecule has 0 saturated carbocycles. The van der Waals surface area contributed by atoms with Crippen LogP contribution in [0.25, 0.3) is 0 Å². The molecule has 2 aromatic rings. The topological polar surface area (TPSA) is 70.7 Å². The Balaban J connectivity index is 1.86. The first-order valence-electron chi connectivity index (χ1n) is 7.06. The summed E-state index contributed by atoms with van der Waals surface area (Å²) < 4.78 is 0. The average molecular weight is 339 g/mol. The van der Waals surface area contributed by atoms with Crippen LogP contribution in [0.2, 0.25) is 5.02 Å². The van der Waals surface area contributed by atoms with Crippen LogP contribution in [0.5, 0.6) is 0 Å². The zero-order valence-electron chi connectivity index (χ0n) is 12.8. The smallest absolute Gasteiger partial charge is 0.230 e. The molecule has 1 amide bonds. The molecule has 7 heteroatoms. The Morgan fingerprint density at radius 3 is 2.73 bits per heavy atom. The molecule has 1 atom stereocenters. The number of H-pyrrole nitrogens is 1. The summed E-state index contributed by atoms with van der Waals surface area (Å²) in [6, 6.07) is 7.35. The van der Waals surface area contributed by atoms with Crippen molar-refractivity contribution in [3.8, 4) is 0 Å². The van der Waals surface area contributed by atoms with Crippen LogP contribution in [-0.2, 0) is 4.79 Å². The Hall–Kier alpha value is -1.53. The second-order valence-corrected chi connectivity index (χ2v) is 6.61. The molecular formula is C15H19ClN4OS. The molecule has 0 radical (unpaired) electrons. The van der Waals surface area contributed by atoms with Gasteiger partial charge in [0.05, 0.1) is 11.8 Å². The standard InChI is InChI=1S/C15H19ClN4OS/c1-9(2)14-18-15(20-19-14)22-8-13(21)17-10(3)11-6-4-5-7-12(11)16/h4-7,9-10H,8H2,1-3H3,(H,17,21)(H,18,19,20)/t10-/m1/s1. The fraction of sp³-hybridized carbons (Fsp3) is 0.400. The molecule has 118 valence electrons. The van der Waals surface area contributed by atoms with Gasteiger partial charge in [0.25, 0.3) is 0 Å². The molecule has 0 saturated heterocycles. The number of carbonyl (C=O) groups is 1. The number of benzene rings is 1. The van der Waals surface area contributed by atoms with Crippen molar-refractivity contribution in [1.29, 1.82) is 0 Å². The number of nitrogens with zero attached hydrogens (tertiary/aromatic N) is 2. The number of nitrogens with one attached hydrogen (secondary N) is 2. The first kappa shape index (κ1) is 16.8. The van der Waals surface area contributed by atoms with Crippen molar-refractivity contribution >= 4 is 29.3 Å². The number of aromatic amines is 1. The molecule has 0 bridgehead atoms. The third kappa shape index (κ3) is 4.48. The molecule has 1 aromatic heterocycles. The summed E-state index contributed by atoms with van der Waals surface area (Å²) in [6.45, 7) is 5.98. The molecule has 0 unspecified atom stereocenters. The minimum atomic E-state index is -0.139. The lowest BCUT2D eigenvalue weighted by atomic mass is 10.1.